The summed E-state index contributed by atoms with van der Waals surface area (Å²) in [6.45, 7) is 14.1. The molecule has 1 aromatic heterocycles. The largest absolute Gasteiger partial charge is 0.472 e. The van der Waals surface area contributed by atoms with E-state index in [0.29, 0.717) is 18.4 Å². The fourth-order valence-corrected chi connectivity index (χ4v) is 9.02. The minimum atomic E-state index is -1.44. The van der Waals surface area contributed by atoms with Crippen LogP contribution in [0.2, 0.25) is 0 Å². The lowest BCUT2D eigenvalue weighted by atomic mass is 9.40. The normalized spacial score (nSPS) is 35.4. The quantitative estimate of drug-likeness (QED) is 0.174. The van der Waals surface area contributed by atoms with Crippen LogP contribution in [0.4, 0.5) is 0 Å². The number of fused-ring (bicyclic) bond motifs is 6. The van der Waals surface area contributed by atoms with E-state index in [4.69, 9.17) is 23.4 Å². The van der Waals surface area contributed by atoms with Gasteiger partial charge in [-0.05, 0) is 51.5 Å². The molecule has 10 nitrogen and oxygen atoms in total. The molecule has 10 heteroatoms. The Morgan fingerprint density at radius 3 is 2.29 bits per heavy atom. The monoisotopic (exact) mass is 624 g/mol. The van der Waals surface area contributed by atoms with Gasteiger partial charge in [0.05, 0.1) is 32.0 Å². The first kappa shape index (κ1) is 32.7. The molecule has 9 atom stereocenters. The molecule has 2 saturated carbocycles. The van der Waals surface area contributed by atoms with E-state index >= 15 is 0 Å². The van der Waals surface area contributed by atoms with E-state index in [-0.39, 0.29) is 30.0 Å². The van der Waals surface area contributed by atoms with Crippen molar-refractivity contribution < 1.29 is 47.3 Å². The molecular formula is C35H44O10. The van der Waals surface area contributed by atoms with E-state index in [2.05, 4.69) is 6.92 Å². The number of Topliss-reactive ketones (excluding diaryl/α,β-unsaturated/α-hetero) is 1. The van der Waals surface area contributed by atoms with Gasteiger partial charge in [0.1, 0.15) is 18.0 Å². The number of carbonyl (C=O) groups excluding carboxylic acids is 5. The minimum absolute atomic E-state index is 0.115. The Morgan fingerprint density at radius 2 is 1.71 bits per heavy atom. The molecule has 0 radical (unpaired) electrons. The molecule has 244 valence electrons. The lowest BCUT2D eigenvalue weighted by Gasteiger charge is -2.64. The molecule has 1 aromatic rings. The van der Waals surface area contributed by atoms with Crippen LogP contribution in [0.5, 0.6) is 0 Å². The van der Waals surface area contributed by atoms with Crippen LogP contribution in [0.15, 0.2) is 45.8 Å². The van der Waals surface area contributed by atoms with Crippen molar-refractivity contribution in [2.75, 3.05) is 7.11 Å². The Hall–Kier alpha value is -3.69. The van der Waals surface area contributed by atoms with Crippen LogP contribution in [0, 0.1) is 39.9 Å². The van der Waals surface area contributed by atoms with E-state index in [1.54, 1.807) is 39.4 Å². The SMILES string of the molecule is COC(=O)[C@H](OC(C)=O)[C@H]1C(C)(C)[C@@H](OC(=O)C(C)=C(C)C)[C@@H]2C=C3[C@@H](CC[C@]4(C)[C@H]3CC(=O)O[C@H]4c3ccoc3)[C@@]1(C)C2=O. The molecule has 0 spiro atoms. The number of cyclic esters (lactones) is 1. The smallest absolute Gasteiger partial charge is 0.347 e. The Balaban J connectivity index is 1.72. The van der Waals surface area contributed by atoms with Gasteiger partial charge in [-0.3, -0.25) is 14.4 Å². The van der Waals surface area contributed by atoms with Crippen LogP contribution in [-0.4, -0.2) is 49.0 Å². The van der Waals surface area contributed by atoms with E-state index in [1.165, 1.54) is 14.0 Å². The van der Waals surface area contributed by atoms with E-state index in [9.17, 15) is 24.0 Å². The summed E-state index contributed by atoms with van der Waals surface area (Å²) in [6, 6.07) is 1.80. The number of allylic oxidation sites excluding steroid dienone is 2. The lowest BCUT2D eigenvalue weighted by molar-refractivity contribution is -0.214. The summed E-state index contributed by atoms with van der Waals surface area (Å²) < 4.78 is 28.3. The van der Waals surface area contributed by atoms with Crippen LogP contribution in [0.1, 0.15) is 86.3 Å². The van der Waals surface area contributed by atoms with Gasteiger partial charge in [-0.25, -0.2) is 9.59 Å². The van der Waals surface area contributed by atoms with Crippen molar-refractivity contribution in [1.82, 2.24) is 0 Å². The van der Waals surface area contributed by atoms with Gasteiger partial charge in [0.15, 0.2) is 0 Å². The highest BCUT2D eigenvalue weighted by Crippen LogP contribution is 2.68. The number of furan rings is 1. The number of ketones is 1. The van der Waals surface area contributed by atoms with Gasteiger partial charge in [-0.2, -0.15) is 0 Å². The molecule has 3 aliphatic carbocycles. The second-order valence-corrected chi connectivity index (χ2v) is 14.4. The molecular weight excluding hydrogens is 580 g/mol. The van der Waals surface area contributed by atoms with Crippen LogP contribution in [-0.2, 0) is 42.9 Å². The number of rotatable bonds is 6. The topological polar surface area (TPSA) is 135 Å². The van der Waals surface area contributed by atoms with Crippen LogP contribution < -0.4 is 0 Å². The van der Waals surface area contributed by atoms with Crippen molar-refractivity contribution in [3.8, 4) is 0 Å². The minimum Gasteiger partial charge on any atom is -0.472 e. The zero-order valence-corrected chi connectivity index (χ0v) is 27.6. The summed E-state index contributed by atoms with van der Waals surface area (Å²) in [7, 11) is 1.21. The van der Waals surface area contributed by atoms with Crippen molar-refractivity contribution in [1.29, 1.82) is 0 Å². The zero-order chi connectivity index (χ0) is 33.2. The van der Waals surface area contributed by atoms with Crippen molar-refractivity contribution in [3.63, 3.8) is 0 Å². The van der Waals surface area contributed by atoms with Crippen molar-refractivity contribution in [2.24, 2.45) is 39.9 Å². The molecule has 1 saturated heterocycles. The number of hydrogen-bond acceptors (Lipinski definition) is 10. The average Bonchev–Trinajstić information content (AvgIpc) is 3.50. The molecule has 3 fully saturated rings. The van der Waals surface area contributed by atoms with Crippen LogP contribution in [0.25, 0.3) is 0 Å². The third kappa shape index (κ3) is 4.95. The fraction of sp³-hybridized carbons (Fsp3) is 0.629. The molecule has 45 heavy (non-hydrogen) atoms. The fourth-order valence-electron chi connectivity index (χ4n) is 9.02. The van der Waals surface area contributed by atoms with Crippen molar-refractivity contribution in [2.45, 2.75) is 93.0 Å². The zero-order valence-electron chi connectivity index (χ0n) is 27.6. The Labute approximate surface area is 263 Å². The maximum atomic E-state index is 14.8. The maximum Gasteiger partial charge on any atom is 0.347 e. The average molecular weight is 625 g/mol. The standard InChI is InChI=1S/C35H44O10/c1-17(2)18(3)31(39)45-30-22-14-21-23(10-12-34(7)24(21)15-25(37)44-29(34)20-11-13-42-16-20)35(8,28(22)38)27(33(30,5)6)26(32(40)41-9)43-19(4)36/h11,13-14,16,22-24,26-27,29-30H,10,12,15H2,1-9H3/t22-,23-,24+,26-,27+,29+,30+,34-,35-/m1/s1. The summed E-state index contributed by atoms with van der Waals surface area (Å²) in [6.07, 6.45) is 3.36. The summed E-state index contributed by atoms with van der Waals surface area (Å²) >= 11 is 0. The van der Waals surface area contributed by atoms with Gasteiger partial charge < -0.3 is 23.4 Å². The Morgan fingerprint density at radius 1 is 1.02 bits per heavy atom. The number of methoxy groups -OCH3 is 1. The van der Waals surface area contributed by atoms with Gasteiger partial charge in [-0.1, -0.05) is 44.9 Å². The molecule has 0 amide bonds. The third-order valence-electron chi connectivity index (χ3n) is 11.4. The van der Waals surface area contributed by atoms with E-state index in [0.717, 1.165) is 16.7 Å². The molecule has 0 unspecified atom stereocenters. The van der Waals surface area contributed by atoms with Crippen molar-refractivity contribution >= 4 is 29.7 Å². The summed E-state index contributed by atoms with van der Waals surface area (Å²) in [5.74, 6) is -5.06. The molecule has 0 aromatic carbocycles. The number of esters is 4. The van der Waals surface area contributed by atoms with Gasteiger partial charge in [0.25, 0.3) is 0 Å². The van der Waals surface area contributed by atoms with Crippen molar-refractivity contribution in [3.05, 3.63) is 47.0 Å². The summed E-state index contributed by atoms with van der Waals surface area (Å²) in [5.41, 5.74) is 0.0757. The Kier molecular flexibility index (Phi) is 8.20. The predicted molar refractivity (Wildman–Crippen MR) is 160 cm³/mol. The second-order valence-electron chi connectivity index (χ2n) is 14.4. The van der Waals surface area contributed by atoms with Gasteiger partial charge >= 0.3 is 23.9 Å². The second kappa shape index (κ2) is 11.3. The number of ether oxygens (including phenoxy) is 4. The molecule has 1 aliphatic heterocycles. The first-order valence-electron chi connectivity index (χ1n) is 15.6. The van der Waals surface area contributed by atoms with E-state index < -0.39 is 64.3 Å². The Bertz CT molecular complexity index is 1480. The number of carbonyl (C=O) groups is 5. The molecule has 5 rings (SSSR count). The van der Waals surface area contributed by atoms with Gasteiger partial charge in [0.2, 0.25) is 6.10 Å². The number of hydrogen-bond donors (Lipinski definition) is 0. The predicted octanol–water partition coefficient (Wildman–Crippen LogP) is 5.46. The van der Waals surface area contributed by atoms with E-state index in [1.807, 2.05) is 26.8 Å². The highest BCUT2D eigenvalue weighted by molar-refractivity contribution is 5.95. The molecule has 4 aliphatic rings. The van der Waals surface area contributed by atoms with Gasteiger partial charge in [-0.15, -0.1) is 0 Å². The highest BCUT2D eigenvalue weighted by Gasteiger charge is 2.71. The highest BCUT2D eigenvalue weighted by atomic mass is 16.6. The van der Waals surface area contributed by atoms with Crippen LogP contribution >= 0.6 is 0 Å². The summed E-state index contributed by atoms with van der Waals surface area (Å²) in [5, 5.41) is 0. The molecule has 0 N–H and O–H groups in total. The molecule has 2 bridgehead atoms. The first-order chi connectivity index (χ1) is 21.0. The third-order valence-corrected chi connectivity index (χ3v) is 11.4. The maximum absolute atomic E-state index is 14.8. The molecule has 2 heterocycles. The van der Waals surface area contributed by atoms with Gasteiger partial charge in [0, 0.05) is 40.2 Å². The first-order valence-corrected chi connectivity index (χ1v) is 15.6. The lowest BCUT2D eigenvalue weighted by Crippen LogP contribution is -2.69. The van der Waals surface area contributed by atoms with Crippen LogP contribution in [0.3, 0.4) is 0 Å². The summed E-state index contributed by atoms with van der Waals surface area (Å²) in [4.78, 5) is 67.3.